The van der Waals surface area contributed by atoms with Gasteiger partial charge in [-0.1, -0.05) is 37.1 Å². The maximum absolute atomic E-state index is 5.41. The summed E-state index contributed by atoms with van der Waals surface area (Å²) < 4.78 is 7.52. The van der Waals surface area contributed by atoms with E-state index in [1.807, 2.05) is 12.1 Å². The molecule has 2 heterocycles. The normalized spacial score (nSPS) is 18.6. The van der Waals surface area contributed by atoms with Gasteiger partial charge in [-0.2, -0.15) is 0 Å². The number of nitrogens with zero attached hydrogens (tertiary/aromatic N) is 6. The molecule has 2 fully saturated rings. The van der Waals surface area contributed by atoms with E-state index in [2.05, 4.69) is 74.2 Å². The van der Waals surface area contributed by atoms with Crippen LogP contribution < -0.4 is 9.64 Å². The highest BCUT2D eigenvalue weighted by atomic mass is 16.5. The number of methoxy groups -OCH3 is 1. The molecule has 5 rings (SSSR count). The van der Waals surface area contributed by atoms with Crippen LogP contribution in [0.4, 0.5) is 5.69 Å². The Morgan fingerprint density at radius 3 is 2.36 bits per heavy atom. The van der Waals surface area contributed by atoms with Gasteiger partial charge < -0.3 is 9.64 Å². The number of rotatable bonds is 6. The zero-order valence-corrected chi connectivity index (χ0v) is 19.9. The zero-order chi connectivity index (χ0) is 22.8. The first kappa shape index (κ1) is 21.9. The lowest BCUT2D eigenvalue weighted by Crippen LogP contribution is -2.48. The fraction of sp³-hybridized carbons (Fsp3) is 0.500. The number of tetrazole rings is 1. The van der Waals surface area contributed by atoms with E-state index in [1.165, 1.54) is 35.2 Å². The molecule has 0 bridgehead atoms. The van der Waals surface area contributed by atoms with Crippen LogP contribution in [-0.2, 0) is 0 Å². The van der Waals surface area contributed by atoms with Crippen LogP contribution in [0.1, 0.15) is 60.3 Å². The number of ether oxygens (including phenoxy) is 1. The minimum Gasteiger partial charge on any atom is -0.497 e. The predicted molar refractivity (Wildman–Crippen MR) is 130 cm³/mol. The topological polar surface area (TPSA) is 59.3 Å². The van der Waals surface area contributed by atoms with Gasteiger partial charge in [-0.15, -0.1) is 5.10 Å². The van der Waals surface area contributed by atoms with Gasteiger partial charge in [0.05, 0.1) is 19.2 Å². The average molecular weight is 447 g/mol. The van der Waals surface area contributed by atoms with Crippen LogP contribution in [0.15, 0.2) is 42.5 Å². The highest BCUT2D eigenvalue weighted by Gasteiger charge is 2.33. The molecule has 33 heavy (non-hydrogen) atoms. The Hall–Kier alpha value is -2.93. The molecule has 7 nitrogen and oxygen atoms in total. The van der Waals surface area contributed by atoms with Gasteiger partial charge in [-0.3, -0.25) is 4.90 Å². The minimum absolute atomic E-state index is 0.0345. The molecule has 1 aliphatic heterocycles. The summed E-state index contributed by atoms with van der Waals surface area (Å²) >= 11 is 0. The molecule has 7 heteroatoms. The van der Waals surface area contributed by atoms with Gasteiger partial charge in [0.15, 0.2) is 5.82 Å². The molecule has 174 valence electrons. The third-order valence-corrected chi connectivity index (χ3v) is 7.46. The standard InChI is InChI=1S/C26H34N6O/c1-19-7-6-10-24(20(19)2)30-15-17-31(18-16-30)25(21-11-13-23(33-3)14-12-21)26-27-28-29-32(26)22-8-4-5-9-22/h6-7,10-14,22,25H,4-5,8-9,15-18H2,1-3H3. The minimum atomic E-state index is 0.0345. The van der Waals surface area contributed by atoms with E-state index < -0.39 is 0 Å². The van der Waals surface area contributed by atoms with E-state index in [4.69, 9.17) is 4.74 Å². The van der Waals surface area contributed by atoms with E-state index >= 15 is 0 Å². The molecule has 0 radical (unpaired) electrons. The van der Waals surface area contributed by atoms with Gasteiger partial charge >= 0.3 is 0 Å². The summed E-state index contributed by atoms with van der Waals surface area (Å²) in [5, 5.41) is 13.2. The molecular formula is C26H34N6O. The SMILES string of the molecule is COc1ccc(C(c2nnnn2C2CCCC2)N2CCN(c3cccc(C)c3C)CC2)cc1. The monoisotopic (exact) mass is 446 g/mol. The summed E-state index contributed by atoms with van der Waals surface area (Å²) in [7, 11) is 1.71. The number of benzene rings is 2. The summed E-state index contributed by atoms with van der Waals surface area (Å²) in [4.78, 5) is 5.06. The Balaban J connectivity index is 1.43. The smallest absolute Gasteiger partial charge is 0.173 e. The lowest BCUT2D eigenvalue weighted by Gasteiger charge is -2.40. The van der Waals surface area contributed by atoms with Crippen molar-refractivity contribution in [3.63, 3.8) is 0 Å². The van der Waals surface area contributed by atoms with Crippen LogP contribution in [0.2, 0.25) is 0 Å². The van der Waals surface area contributed by atoms with Gasteiger partial charge in [-0.25, -0.2) is 4.68 Å². The quantitative estimate of drug-likeness (QED) is 0.562. The highest BCUT2D eigenvalue weighted by Crippen LogP contribution is 2.35. The Labute approximate surface area is 196 Å². The van der Waals surface area contributed by atoms with Crippen molar-refractivity contribution in [2.75, 3.05) is 38.2 Å². The second kappa shape index (κ2) is 9.51. The number of aryl methyl sites for hydroxylation is 1. The lowest BCUT2D eigenvalue weighted by molar-refractivity contribution is 0.197. The number of anilines is 1. The largest absolute Gasteiger partial charge is 0.497 e. The van der Waals surface area contributed by atoms with Crippen LogP contribution in [0.5, 0.6) is 5.75 Å². The van der Waals surface area contributed by atoms with Crippen LogP contribution in [0, 0.1) is 13.8 Å². The second-order valence-electron chi connectivity index (χ2n) is 9.34. The third-order valence-electron chi connectivity index (χ3n) is 7.46. The first-order valence-corrected chi connectivity index (χ1v) is 12.1. The molecule has 1 aliphatic carbocycles. The summed E-state index contributed by atoms with van der Waals surface area (Å²) in [5.41, 5.74) is 5.29. The Bertz CT molecular complexity index is 1060. The summed E-state index contributed by atoms with van der Waals surface area (Å²) in [6, 6.07) is 15.5. The van der Waals surface area contributed by atoms with Crippen molar-refractivity contribution in [2.24, 2.45) is 0 Å². The second-order valence-corrected chi connectivity index (χ2v) is 9.34. The van der Waals surface area contributed by atoms with Gasteiger partial charge in [0.25, 0.3) is 0 Å². The molecule has 1 saturated carbocycles. The van der Waals surface area contributed by atoms with Crippen molar-refractivity contribution < 1.29 is 4.74 Å². The van der Waals surface area contributed by atoms with Crippen LogP contribution in [-0.4, -0.2) is 58.4 Å². The number of piperazine rings is 1. The van der Waals surface area contributed by atoms with Crippen molar-refractivity contribution in [3.05, 3.63) is 65.0 Å². The molecule has 1 saturated heterocycles. The van der Waals surface area contributed by atoms with E-state index in [0.717, 1.165) is 50.6 Å². The van der Waals surface area contributed by atoms with E-state index in [1.54, 1.807) is 7.11 Å². The Kier molecular flexibility index (Phi) is 6.31. The summed E-state index contributed by atoms with van der Waals surface area (Å²) in [5.74, 6) is 1.83. The molecule has 3 aromatic rings. The molecule has 0 N–H and O–H groups in total. The van der Waals surface area contributed by atoms with Crippen molar-refractivity contribution in [1.29, 1.82) is 0 Å². The number of aromatic nitrogens is 4. The van der Waals surface area contributed by atoms with E-state index in [9.17, 15) is 0 Å². The molecule has 2 aliphatic rings. The van der Waals surface area contributed by atoms with Crippen LogP contribution in [0.25, 0.3) is 0 Å². The Morgan fingerprint density at radius 1 is 0.939 bits per heavy atom. The number of hydrogen-bond donors (Lipinski definition) is 0. The van der Waals surface area contributed by atoms with Gasteiger partial charge in [0.2, 0.25) is 0 Å². The first-order chi connectivity index (χ1) is 16.2. The maximum Gasteiger partial charge on any atom is 0.173 e. The molecular weight excluding hydrogens is 412 g/mol. The van der Waals surface area contributed by atoms with Gasteiger partial charge in [0.1, 0.15) is 5.75 Å². The third kappa shape index (κ3) is 4.34. The summed E-state index contributed by atoms with van der Waals surface area (Å²) in [6.45, 7) is 8.32. The van der Waals surface area contributed by atoms with E-state index in [0.29, 0.717) is 6.04 Å². The van der Waals surface area contributed by atoms with Crippen molar-refractivity contribution in [1.82, 2.24) is 25.1 Å². The van der Waals surface area contributed by atoms with Crippen LogP contribution in [0.3, 0.4) is 0 Å². The molecule has 1 atom stereocenters. The lowest BCUT2D eigenvalue weighted by atomic mass is 10.0. The van der Waals surface area contributed by atoms with Gasteiger partial charge in [-0.05, 0) is 72.0 Å². The molecule has 2 aromatic carbocycles. The predicted octanol–water partition coefficient (Wildman–Crippen LogP) is 4.33. The first-order valence-electron chi connectivity index (χ1n) is 12.1. The molecule has 0 spiro atoms. The number of hydrogen-bond acceptors (Lipinski definition) is 6. The molecule has 1 unspecified atom stereocenters. The molecule has 1 aromatic heterocycles. The summed E-state index contributed by atoms with van der Waals surface area (Å²) in [6.07, 6.45) is 4.83. The molecule has 0 amide bonds. The zero-order valence-electron chi connectivity index (χ0n) is 19.9. The van der Waals surface area contributed by atoms with Gasteiger partial charge in [0, 0.05) is 31.9 Å². The van der Waals surface area contributed by atoms with Crippen molar-refractivity contribution >= 4 is 5.69 Å². The van der Waals surface area contributed by atoms with E-state index in [-0.39, 0.29) is 6.04 Å². The van der Waals surface area contributed by atoms with Crippen molar-refractivity contribution in [2.45, 2.75) is 51.6 Å². The van der Waals surface area contributed by atoms with Crippen LogP contribution >= 0.6 is 0 Å². The highest BCUT2D eigenvalue weighted by molar-refractivity contribution is 5.56. The fourth-order valence-corrected chi connectivity index (χ4v) is 5.40. The Morgan fingerprint density at radius 2 is 1.67 bits per heavy atom. The maximum atomic E-state index is 5.41. The van der Waals surface area contributed by atoms with Crippen molar-refractivity contribution in [3.8, 4) is 5.75 Å². The fourth-order valence-electron chi connectivity index (χ4n) is 5.40. The average Bonchev–Trinajstić information content (AvgIpc) is 3.54.